The molecule has 1 aromatic heterocycles. The average Bonchev–Trinajstić information content (AvgIpc) is 2.49. The maximum absolute atomic E-state index is 11.4. The molecular formula is C15H14ClN3O3. The molecule has 0 unspecified atom stereocenters. The molecule has 0 saturated carbocycles. The number of carbonyl (C=O) groups excluding carboxylic acids is 1. The van der Waals surface area contributed by atoms with E-state index in [-0.39, 0.29) is 12.0 Å². The fourth-order valence-electron chi connectivity index (χ4n) is 2.29. The number of amides is 1. The Morgan fingerprint density at radius 1 is 1.41 bits per heavy atom. The number of benzene rings is 1. The number of fused-ring (bicyclic) bond motifs is 1. The Hall–Kier alpha value is -2.34. The van der Waals surface area contributed by atoms with E-state index >= 15 is 0 Å². The summed E-state index contributed by atoms with van der Waals surface area (Å²) in [5, 5.41) is 1.05. The molecule has 0 atom stereocenters. The number of likely N-dealkylation sites (tertiary alicyclic amines) is 1. The molecule has 1 aliphatic rings. The van der Waals surface area contributed by atoms with Gasteiger partial charge in [0.2, 0.25) is 5.91 Å². The molecule has 2 heterocycles. The van der Waals surface area contributed by atoms with Crippen LogP contribution in [0.25, 0.3) is 10.9 Å². The highest BCUT2D eigenvalue weighted by atomic mass is 35.5. The third-order valence-electron chi connectivity index (χ3n) is 3.50. The molecule has 3 rings (SSSR count). The highest BCUT2D eigenvalue weighted by Crippen LogP contribution is 2.35. The van der Waals surface area contributed by atoms with Gasteiger partial charge in [0.15, 0.2) is 11.5 Å². The summed E-state index contributed by atoms with van der Waals surface area (Å²) in [5.41, 5.74) is 0.682. The molecule has 22 heavy (non-hydrogen) atoms. The molecule has 0 radical (unpaired) electrons. The smallest absolute Gasteiger partial charge is 0.246 e. The van der Waals surface area contributed by atoms with Crippen molar-refractivity contribution in [3.8, 4) is 11.5 Å². The van der Waals surface area contributed by atoms with Gasteiger partial charge in [0.25, 0.3) is 0 Å². The van der Waals surface area contributed by atoms with Crippen molar-refractivity contribution in [1.29, 1.82) is 0 Å². The molecule has 1 fully saturated rings. The Morgan fingerprint density at radius 3 is 2.86 bits per heavy atom. The maximum Gasteiger partial charge on any atom is 0.246 e. The minimum absolute atomic E-state index is 0.0846. The van der Waals surface area contributed by atoms with Gasteiger partial charge in [0.05, 0.1) is 25.7 Å². The van der Waals surface area contributed by atoms with E-state index in [1.165, 1.54) is 12.4 Å². The summed E-state index contributed by atoms with van der Waals surface area (Å²) in [4.78, 5) is 21.2. The van der Waals surface area contributed by atoms with Crippen LogP contribution in [0.1, 0.15) is 0 Å². The van der Waals surface area contributed by atoms with E-state index in [1.54, 1.807) is 24.1 Å². The number of ether oxygens (including phenoxy) is 2. The van der Waals surface area contributed by atoms with Gasteiger partial charge < -0.3 is 14.4 Å². The quantitative estimate of drug-likeness (QED) is 0.637. The minimum atomic E-state index is -0.0956. The van der Waals surface area contributed by atoms with Crippen molar-refractivity contribution in [2.75, 3.05) is 20.2 Å². The molecule has 6 nitrogen and oxygen atoms in total. The summed E-state index contributed by atoms with van der Waals surface area (Å²) in [6.07, 6.45) is 2.61. The van der Waals surface area contributed by atoms with Gasteiger partial charge in [-0.05, 0) is 12.1 Å². The van der Waals surface area contributed by atoms with Crippen molar-refractivity contribution in [2.24, 2.45) is 0 Å². The number of carbonyl (C=O) groups is 1. The van der Waals surface area contributed by atoms with Crippen LogP contribution in [0, 0.1) is 0 Å². The van der Waals surface area contributed by atoms with E-state index in [2.05, 4.69) is 16.5 Å². The second kappa shape index (κ2) is 5.81. The molecular weight excluding hydrogens is 306 g/mol. The van der Waals surface area contributed by atoms with Crippen LogP contribution in [-0.2, 0) is 4.79 Å². The van der Waals surface area contributed by atoms with Crippen molar-refractivity contribution in [3.05, 3.63) is 36.3 Å². The number of rotatable bonds is 4. The van der Waals surface area contributed by atoms with Crippen molar-refractivity contribution in [3.63, 3.8) is 0 Å². The lowest BCUT2D eigenvalue weighted by Gasteiger charge is -2.38. The third kappa shape index (κ3) is 2.57. The molecule has 1 aliphatic heterocycles. The van der Waals surface area contributed by atoms with Crippen molar-refractivity contribution in [2.45, 2.75) is 6.10 Å². The van der Waals surface area contributed by atoms with Crippen LogP contribution in [-0.4, -0.2) is 47.1 Å². The highest BCUT2D eigenvalue weighted by Gasteiger charge is 2.31. The Labute approximate surface area is 132 Å². The number of hydrogen-bond acceptors (Lipinski definition) is 5. The molecule has 0 spiro atoms. The molecule has 1 amide bonds. The van der Waals surface area contributed by atoms with Crippen molar-refractivity contribution < 1.29 is 14.3 Å². The number of methoxy groups -OCH3 is 1. The fourth-order valence-corrected chi connectivity index (χ4v) is 2.48. The summed E-state index contributed by atoms with van der Waals surface area (Å²) in [5.74, 6) is 1.03. The van der Waals surface area contributed by atoms with Gasteiger partial charge in [0.1, 0.15) is 17.6 Å². The predicted molar refractivity (Wildman–Crippen MR) is 82.3 cm³/mol. The average molecular weight is 320 g/mol. The summed E-state index contributed by atoms with van der Waals surface area (Å²) in [7, 11) is 1.56. The number of halogens is 1. The van der Waals surface area contributed by atoms with Gasteiger partial charge in [-0.2, -0.15) is 0 Å². The SMILES string of the molecule is C=CC(=O)N1CC(Oc2cc3c(Cl)ncnc3cc2OC)C1. The normalized spacial score (nSPS) is 14.5. The van der Waals surface area contributed by atoms with E-state index < -0.39 is 0 Å². The van der Waals surface area contributed by atoms with Gasteiger partial charge >= 0.3 is 0 Å². The van der Waals surface area contributed by atoms with E-state index in [4.69, 9.17) is 21.1 Å². The van der Waals surface area contributed by atoms with Crippen LogP contribution in [0.2, 0.25) is 5.15 Å². The maximum atomic E-state index is 11.4. The number of nitrogens with zero attached hydrogens (tertiary/aromatic N) is 3. The molecule has 0 bridgehead atoms. The summed E-state index contributed by atoms with van der Waals surface area (Å²) < 4.78 is 11.2. The lowest BCUT2D eigenvalue weighted by Crippen LogP contribution is -2.55. The van der Waals surface area contributed by atoms with Crippen LogP contribution in [0.5, 0.6) is 11.5 Å². The summed E-state index contributed by atoms with van der Waals surface area (Å²) >= 11 is 6.08. The minimum Gasteiger partial charge on any atom is -0.493 e. The third-order valence-corrected chi connectivity index (χ3v) is 3.80. The van der Waals surface area contributed by atoms with E-state index in [9.17, 15) is 4.79 Å². The van der Waals surface area contributed by atoms with E-state index in [1.807, 2.05) is 0 Å². The van der Waals surface area contributed by atoms with E-state index in [0.717, 1.165) is 0 Å². The molecule has 0 N–H and O–H groups in total. The zero-order valence-corrected chi connectivity index (χ0v) is 12.7. The number of aromatic nitrogens is 2. The number of hydrogen-bond donors (Lipinski definition) is 0. The second-order valence-electron chi connectivity index (χ2n) is 4.87. The van der Waals surface area contributed by atoms with Crippen molar-refractivity contribution in [1.82, 2.24) is 14.9 Å². The Kier molecular flexibility index (Phi) is 3.85. The lowest BCUT2D eigenvalue weighted by molar-refractivity contribution is -0.134. The molecule has 7 heteroatoms. The first-order valence-corrected chi connectivity index (χ1v) is 7.06. The van der Waals surface area contributed by atoms with E-state index in [0.29, 0.717) is 40.6 Å². The summed E-state index contributed by atoms with van der Waals surface area (Å²) in [6.45, 7) is 4.50. The van der Waals surface area contributed by atoms with Crippen molar-refractivity contribution >= 4 is 28.4 Å². The first kappa shape index (κ1) is 14.6. The van der Waals surface area contributed by atoms with Gasteiger partial charge in [-0.3, -0.25) is 4.79 Å². The van der Waals surface area contributed by atoms with Crippen LogP contribution >= 0.6 is 11.6 Å². The lowest BCUT2D eigenvalue weighted by atomic mass is 10.1. The van der Waals surface area contributed by atoms with Crippen LogP contribution in [0.15, 0.2) is 31.1 Å². The van der Waals surface area contributed by atoms with Gasteiger partial charge in [-0.15, -0.1) is 0 Å². The first-order chi connectivity index (χ1) is 10.6. The molecule has 114 valence electrons. The largest absolute Gasteiger partial charge is 0.493 e. The zero-order chi connectivity index (χ0) is 15.7. The van der Waals surface area contributed by atoms with Crippen LogP contribution in [0.3, 0.4) is 0 Å². The fraction of sp³-hybridized carbons (Fsp3) is 0.267. The topological polar surface area (TPSA) is 64.6 Å². The highest BCUT2D eigenvalue weighted by molar-refractivity contribution is 6.34. The Bertz CT molecular complexity index is 744. The van der Waals surface area contributed by atoms with Gasteiger partial charge in [0, 0.05) is 11.5 Å². The van der Waals surface area contributed by atoms with Gasteiger partial charge in [-0.25, -0.2) is 9.97 Å². The zero-order valence-electron chi connectivity index (χ0n) is 12.0. The molecule has 2 aromatic rings. The second-order valence-corrected chi connectivity index (χ2v) is 5.23. The summed E-state index contributed by atoms with van der Waals surface area (Å²) in [6, 6.07) is 3.51. The Morgan fingerprint density at radius 2 is 2.18 bits per heavy atom. The standard InChI is InChI=1S/C15H14ClN3O3/c1-3-14(20)19-6-9(7-19)22-13-4-10-11(5-12(13)21-2)17-8-18-15(10)16/h3-5,8-9H,1,6-7H2,2H3. The Balaban J connectivity index is 1.83. The van der Waals surface area contributed by atoms with Crippen LogP contribution < -0.4 is 9.47 Å². The molecule has 1 aromatic carbocycles. The molecule has 1 saturated heterocycles. The first-order valence-electron chi connectivity index (χ1n) is 6.68. The van der Waals surface area contributed by atoms with Gasteiger partial charge in [-0.1, -0.05) is 18.2 Å². The monoisotopic (exact) mass is 319 g/mol. The van der Waals surface area contributed by atoms with Crippen LogP contribution in [0.4, 0.5) is 0 Å². The molecule has 0 aliphatic carbocycles. The predicted octanol–water partition coefficient (Wildman–Crippen LogP) is 2.07.